The molecule has 6 rings (SSSR count). The van der Waals surface area contributed by atoms with Crippen LogP contribution in [0.1, 0.15) is 36.5 Å². The zero-order chi connectivity index (χ0) is 31.4. The van der Waals surface area contributed by atoms with Crippen molar-refractivity contribution < 1.29 is 22.2 Å². The molecule has 5 aromatic rings. The topological polar surface area (TPSA) is 75.6 Å². The lowest BCUT2D eigenvalue weighted by atomic mass is 9.84. The lowest BCUT2D eigenvalue weighted by Crippen LogP contribution is -2.44. The molecule has 0 saturated carbocycles. The number of rotatable bonds is 10. The second kappa shape index (κ2) is 12.6. The van der Waals surface area contributed by atoms with Crippen LogP contribution in [-0.4, -0.2) is 35.5 Å². The summed E-state index contributed by atoms with van der Waals surface area (Å²) in [6, 6.07) is 42.2. The Morgan fingerprint density at radius 3 is 1.58 bits per heavy atom. The largest absolute Gasteiger partial charge is 0.480 e. The molecule has 0 saturated heterocycles. The highest BCUT2D eigenvalue weighted by atomic mass is 32.2. The molecule has 43 heavy (non-hydrogen) atoms. The van der Waals surface area contributed by atoms with Crippen LogP contribution >= 0.6 is 11.8 Å². The van der Waals surface area contributed by atoms with Crippen LogP contribution in [-0.2, 0) is 14.3 Å². The zero-order valence-corrected chi connectivity index (χ0v) is 24.0. The summed E-state index contributed by atoms with van der Waals surface area (Å²) >= 11 is 0.839. The van der Waals surface area contributed by atoms with Crippen LogP contribution in [0.2, 0.25) is 0 Å². The molecule has 6 heteroatoms. The van der Waals surface area contributed by atoms with Gasteiger partial charge in [-0.3, -0.25) is 0 Å². The molecule has 1 aliphatic carbocycles. The standard InChI is InChI=1S/C37H31NO4S/c39-35(40)34(38-36(41)42-24-33-31-22-12-10-20-29(31)30-21-11-13-23-32(30)33)25-43-37(26-14-4-1-5-15-26,27-16-6-2-7-17-27)28-18-8-3-9-19-28/h1-23,33-34H,24-25H2,(H,38,41)(H,39,40)/t34-/m0/s1/i25D2. The average Bonchev–Trinajstić information content (AvgIpc) is 3.39. The van der Waals surface area contributed by atoms with Gasteiger partial charge in [-0.1, -0.05) is 140 Å². The minimum absolute atomic E-state index is 0.0235. The monoisotopic (exact) mass is 587 g/mol. The molecule has 2 N–H and O–H groups in total. The van der Waals surface area contributed by atoms with Crippen molar-refractivity contribution in [1.29, 1.82) is 0 Å². The molecule has 214 valence electrons. The van der Waals surface area contributed by atoms with Crippen LogP contribution in [0.3, 0.4) is 0 Å². The molecule has 5 nitrogen and oxygen atoms in total. The first-order chi connectivity index (χ1) is 21.8. The highest BCUT2D eigenvalue weighted by Gasteiger charge is 2.39. The van der Waals surface area contributed by atoms with E-state index < -0.39 is 28.6 Å². The maximum atomic E-state index is 13.2. The van der Waals surface area contributed by atoms with Crippen LogP contribution < -0.4 is 5.32 Å². The van der Waals surface area contributed by atoms with Gasteiger partial charge in [-0.05, 0) is 38.9 Å². The smallest absolute Gasteiger partial charge is 0.407 e. The van der Waals surface area contributed by atoms with Crippen LogP contribution in [0.5, 0.6) is 0 Å². The Balaban J connectivity index is 1.30. The van der Waals surface area contributed by atoms with Crippen LogP contribution in [0, 0.1) is 0 Å². The number of carboxylic acids is 1. The van der Waals surface area contributed by atoms with E-state index in [-0.39, 0.29) is 12.5 Å². The van der Waals surface area contributed by atoms with Gasteiger partial charge in [-0.15, -0.1) is 11.8 Å². The third-order valence-electron chi connectivity index (χ3n) is 7.72. The van der Waals surface area contributed by atoms with Gasteiger partial charge in [-0.2, -0.15) is 0 Å². The van der Waals surface area contributed by atoms with Crippen molar-refractivity contribution in [3.05, 3.63) is 167 Å². The number of ether oxygens (including phenoxy) is 1. The van der Waals surface area contributed by atoms with Gasteiger partial charge in [0.2, 0.25) is 0 Å². The fourth-order valence-corrected chi connectivity index (χ4v) is 6.96. The summed E-state index contributed by atoms with van der Waals surface area (Å²) in [5, 5.41) is 12.6. The molecule has 0 aliphatic heterocycles. The maximum Gasteiger partial charge on any atom is 0.407 e. The van der Waals surface area contributed by atoms with E-state index in [0.29, 0.717) is 0 Å². The van der Waals surface area contributed by atoms with Crippen molar-refractivity contribution in [2.45, 2.75) is 16.7 Å². The van der Waals surface area contributed by atoms with Crippen LogP contribution in [0.25, 0.3) is 11.1 Å². The molecule has 1 amide bonds. The molecule has 0 fully saturated rings. The number of nitrogens with one attached hydrogen (secondary N) is 1. The van der Waals surface area contributed by atoms with Crippen molar-refractivity contribution in [1.82, 2.24) is 5.32 Å². The molecule has 0 spiro atoms. The molecule has 1 aliphatic rings. The number of benzene rings is 5. The maximum absolute atomic E-state index is 13.2. The first-order valence-electron chi connectivity index (χ1n) is 15.0. The normalized spacial score (nSPS) is 14.0. The molecule has 1 atom stereocenters. The van der Waals surface area contributed by atoms with Gasteiger partial charge in [0.15, 0.2) is 0 Å². The second-order valence-corrected chi connectivity index (χ2v) is 11.3. The Bertz CT molecular complexity index is 1660. The summed E-state index contributed by atoms with van der Waals surface area (Å²) in [6.07, 6.45) is -1.00. The first kappa shape index (κ1) is 25.9. The Morgan fingerprint density at radius 2 is 1.14 bits per heavy atom. The Labute approximate surface area is 258 Å². The summed E-state index contributed by atoms with van der Waals surface area (Å²) in [6.45, 7) is -0.0235. The van der Waals surface area contributed by atoms with Crippen LogP contribution in [0.4, 0.5) is 4.79 Å². The number of thioether (sulfide) groups is 1. The van der Waals surface area contributed by atoms with Crippen molar-refractivity contribution in [2.24, 2.45) is 0 Å². The summed E-state index contributed by atoms with van der Waals surface area (Å²) in [4.78, 5) is 25.8. The molecule has 5 aromatic carbocycles. The summed E-state index contributed by atoms with van der Waals surface area (Å²) in [5.41, 5.74) is 3.97. The van der Waals surface area contributed by atoms with E-state index in [2.05, 4.69) is 5.32 Å². The molecular formula is C37H31NO4S. The number of hydrogen-bond acceptors (Lipinski definition) is 4. The number of carbonyl (C=O) groups excluding carboxylic acids is 1. The molecule has 0 bridgehead atoms. The quantitative estimate of drug-likeness (QED) is 0.164. The minimum Gasteiger partial charge on any atom is -0.480 e. The lowest BCUT2D eigenvalue weighted by Gasteiger charge is -2.36. The number of alkyl carbamates (subject to hydrolysis) is 1. The van der Waals surface area contributed by atoms with Gasteiger partial charge in [-0.25, -0.2) is 9.59 Å². The molecule has 0 heterocycles. The summed E-state index contributed by atoms with van der Waals surface area (Å²) < 4.78 is 22.8. The minimum atomic E-state index is -2.50. The Hall–Kier alpha value is -4.81. The first-order valence-corrected chi connectivity index (χ1v) is 14.8. The van der Waals surface area contributed by atoms with E-state index >= 15 is 0 Å². The average molecular weight is 588 g/mol. The number of carboxylic acid groups (broad SMARTS) is 1. The van der Waals surface area contributed by atoms with Gasteiger partial charge < -0.3 is 15.2 Å². The van der Waals surface area contributed by atoms with Gasteiger partial charge in [0.1, 0.15) is 12.6 Å². The lowest BCUT2D eigenvalue weighted by molar-refractivity contribution is -0.138. The van der Waals surface area contributed by atoms with Gasteiger partial charge in [0.25, 0.3) is 0 Å². The molecule has 0 radical (unpaired) electrons. The van der Waals surface area contributed by atoms with E-state index in [1.807, 2.05) is 140 Å². The molecule has 0 aromatic heterocycles. The number of fused-ring (bicyclic) bond motifs is 3. The number of carbonyl (C=O) groups is 2. The second-order valence-electron chi connectivity index (χ2n) is 10.2. The highest BCUT2D eigenvalue weighted by Crippen LogP contribution is 2.49. The predicted octanol–water partition coefficient (Wildman–Crippen LogP) is 7.70. The highest BCUT2D eigenvalue weighted by molar-refractivity contribution is 8.00. The van der Waals surface area contributed by atoms with E-state index in [0.717, 1.165) is 50.7 Å². The number of amides is 1. The molecule has 0 unspecified atom stereocenters. The third kappa shape index (κ3) is 5.66. The van der Waals surface area contributed by atoms with Gasteiger partial charge in [0.05, 0.1) is 4.75 Å². The van der Waals surface area contributed by atoms with Crippen molar-refractivity contribution in [3.63, 3.8) is 0 Å². The number of hydrogen-bond donors (Lipinski definition) is 2. The SMILES string of the molecule is [2H]C([2H])(SC(c1ccccc1)(c1ccccc1)c1ccccc1)[C@H](NC(=O)OCC1c2ccccc2-c2ccccc21)C(=O)O. The fraction of sp³-hybridized carbons (Fsp3) is 0.135. The van der Waals surface area contributed by atoms with E-state index in [1.54, 1.807) is 0 Å². The Kier molecular flexibility index (Phi) is 7.58. The van der Waals surface area contributed by atoms with Gasteiger partial charge >= 0.3 is 12.1 Å². The third-order valence-corrected chi connectivity index (χ3v) is 9.09. The predicted molar refractivity (Wildman–Crippen MR) is 171 cm³/mol. The summed E-state index contributed by atoms with van der Waals surface area (Å²) in [7, 11) is 0. The van der Waals surface area contributed by atoms with Crippen molar-refractivity contribution >= 4 is 23.8 Å². The van der Waals surface area contributed by atoms with Crippen molar-refractivity contribution in [3.8, 4) is 11.1 Å². The van der Waals surface area contributed by atoms with E-state index in [4.69, 9.17) is 4.74 Å². The van der Waals surface area contributed by atoms with Crippen LogP contribution in [0.15, 0.2) is 140 Å². The number of aliphatic carboxylic acids is 1. The Morgan fingerprint density at radius 1 is 0.721 bits per heavy atom. The molecular weight excluding hydrogens is 554 g/mol. The van der Waals surface area contributed by atoms with E-state index in [9.17, 15) is 17.4 Å². The fourth-order valence-electron chi connectivity index (χ4n) is 5.74. The van der Waals surface area contributed by atoms with Crippen molar-refractivity contribution in [2.75, 3.05) is 12.3 Å². The van der Waals surface area contributed by atoms with E-state index in [1.165, 1.54) is 0 Å². The van der Waals surface area contributed by atoms with Gasteiger partial charge in [0, 0.05) is 14.4 Å². The zero-order valence-electron chi connectivity index (χ0n) is 25.2. The summed E-state index contributed by atoms with van der Waals surface area (Å²) in [5.74, 6) is -1.73.